The fourth-order valence-corrected chi connectivity index (χ4v) is 4.70. The number of hydrogen-bond donors (Lipinski definition) is 2. The molecule has 0 saturated carbocycles. The van der Waals surface area contributed by atoms with Crippen LogP contribution in [-0.4, -0.2) is 60.2 Å². The summed E-state index contributed by atoms with van der Waals surface area (Å²) in [5.74, 6) is 1.23. The van der Waals surface area contributed by atoms with Crippen molar-refractivity contribution in [3.05, 3.63) is 64.3 Å². The number of aliphatic hydroxyl groups is 1. The number of H-pyrrole nitrogens is 1. The molecule has 0 bridgehead atoms. The van der Waals surface area contributed by atoms with Crippen LogP contribution in [-0.2, 0) is 17.9 Å². The Labute approximate surface area is 194 Å². The molecule has 0 aliphatic carbocycles. The lowest BCUT2D eigenvalue weighted by Gasteiger charge is -2.35. The molecule has 0 saturated heterocycles. The maximum Gasteiger partial charge on any atom is 0.222 e. The maximum atomic E-state index is 12.3. The smallest absolute Gasteiger partial charge is 0.222 e. The zero-order valence-electron chi connectivity index (χ0n) is 19.2. The van der Waals surface area contributed by atoms with Gasteiger partial charge in [0.15, 0.2) is 0 Å². The Bertz CT molecular complexity index is 1070. The normalized spacial score (nSPS) is 15.6. The van der Waals surface area contributed by atoms with Gasteiger partial charge in [0.25, 0.3) is 0 Å². The predicted molar refractivity (Wildman–Crippen MR) is 129 cm³/mol. The fraction of sp³-hybridized carbons (Fsp3) is 0.400. The zero-order chi connectivity index (χ0) is 23.3. The SMILES string of the molecule is CCC(=O)N(C)CC1CN(Cc2ccccc2Cl)Cc2[nH]c3cc(OC)ccc3c21.CO. The lowest BCUT2D eigenvalue weighted by atomic mass is 9.91. The molecule has 1 atom stereocenters. The largest absolute Gasteiger partial charge is 0.497 e. The van der Waals surface area contributed by atoms with Crippen LogP contribution < -0.4 is 4.74 Å². The Morgan fingerprint density at radius 2 is 2.03 bits per heavy atom. The van der Waals surface area contributed by atoms with Gasteiger partial charge in [-0.1, -0.05) is 36.7 Å². The first-order chi connectivity index (χ1) is 15.5. The highest BCUT2D eigenvalue weighted by atomic mass is 35.5. The van der Waals surface area contributed by atoms with Crippen molar-refractivity contribution in [3.8, 4) is 5.75 Å². The van der Waals surface area contributed by atoms with Gasteiger partial charge < -0.3 is 19.7 Å². The molecule has 2 heterocycles. The molecule has 1 unspecified atom stereocenters. The summed E-state index contributed by atoms with van der Waals surface area (Å²) >= 11 is 6.42. The topological polar surface area (TPSA) is 68.8 Å². The maximum absolute atomic E-state index is 12.3. The third kappa shape index (κ3) is 5.09. The average molecular weight is 458 g/mol. The zero-order valence-corrected chi connectivity index (χ0v) is 19.9. The highest BCUT2D eigenvalue weighted by Gasteiger charge is 2.30. The number of aromatic nitrogens is 1. The monoisotopic (exact) mass is 457 g/mol. The van der Waals surface area contributed by atoms with E-state index in [2.05, 4.69) is 22.0 Å². The molecule has 7 heteroatoms. The minimum Gasteiger partial charge on any atom is -0.497 e. The summed E-state index contributed by atoms with van der Waals surface area (Å²) < 4.78 is 5.41. The Morgan fingerprint density at radius 3 is 2.72 bits per heavy atom. The minimum absolute atomic E-state index is 0.168. The third-order valence-corrected chi connectivity index (χ3v) is 6.34. The van der Waals surface area contributed by atoms with E-state index in [1.54, 1.807) is 7.11 Å². The van der Waals surface area contributed by atoms with Gasteiger partial charge in [0, 0.05) is 80.4 Å². The number of aromatic amines is 1. The second-order valence-electron chi connectivity index (χ2n) is 8.01. The first kappa shape index (κ1) is 24.1. The number of nitrogens with zero attached hydrogens (tertiary/aromatic N) is 2. The number of nitrogens with one attached hydrogen (secondary N) is 1. The molecule has 0 radical (unpaired) electrons. The van der Waals surface area contributed by atoms with Gasteiger partial charge in [0.05, 0.1) is 7.11 Å². The number of rotatable bonds is 6. The van der Waals surface area contributed by atoms with Gasteiger partial charge in [0.1, 0.15) is 5.75 Å². The summed E-state index contributed by atoms with van der Waals surface area (Å²) in [6.07, 6.45) is 0.518. The quantitative estimate of drug-likeness (QED) is 0.575. The van der Waals surface area contributed by atoms with E-state index in [0.717, 1.165) is 48.6 Å². The van der Waals surface area contributed by atoms with Crippen LogP contribution in [0.1, 0.15) is 36.1 Å². The van der Waals surface area contributed by atoms with Crippen LogP contribution in [0.15, 0.2) is 42.5 Å². The molecule has 2 aromatic carbocycles. The van der Waals surface area contributed by atoms with Gasteiger partial charge in [0.2, 0.25) is 5.91 Å². The van der Waals surface area contributed by atoms with Crippen LogP contribution in [0.3, 0.4) is 0 Å². The third-order valence-electron chi connectivity index (χ3n) is 5.97. The van der Waals surface area contributed by atoms with Gasteiger partial charge in [-0.15, -0.1) is 0 Å². The van der Waals surface area contributed by atoms with Crippen LogP contribution in [0.25, 0.3) is 10.9 Å². The Kier molecular flexibility index (Phi) is 8.18. The van der Waals surface area contributed by atoms with E-state index in [-0.39, 0.29) is 11.8 Å². The molecular formula is C25H32ClN3O3. The van der Waals surface area contributed by atoms with Crippen LogP contribution in [0, 0.1) is 0 Å². The highest BCUT2D eigenvalue weighted by Crippen LogP contribution is 2.37. The Balaban J connectivity index is 0.00000141. The van der Waals surface area contributed by atoms with Crippen molar-refractivity contribution >= 4 is 28.4 Å². The number of aliphatic hydroxyl groups excluding tert-OH is 1. The van der Waals surface area contributed by atoms with E-state index in [1.807, 2.05) is 49.2 Å². The van der Waals surface area contributed by atoms with Crippen LogP contribution in [0.2, 0.25) is 5.02 Å². The minimum atomic E-state index is 0.168. The van der Waals surface area contributed by atoms with E-state index in [0.29, 0.717) is 13.0 Å². The van der Waals surface area contributed by atoms with E-state index >= 15 is 0 Å². The highest BCUT2D eigenvalue weighted by molar-refractivity contribution is 6.31. The van der Waals surface area contributed by atoms with E-state index < -0.39 is 0 Å². The van der Waals surface area contributed by atoms with E-state index in [1.165, 1.54) is 16.6 Å². The van der Waals surface area contributed by atoms with Crippen LogP contribution >= 0.6 is 11.6 Å². The standard InChI is InChI=1S/C24H28ClN3O2.CH4O/c1-4-23(29)27(2)12-17-14-28(13-16-7-5-6-8-20(16)25)15-22-24(17)19-10-9-18(30-3)11-21(19)26-22;1-2/h5-11,17,26H,4,12-15H2,1-3H3;2H,1H3. The number of ether oxygens (including phenoxy) is 1. The molecule has 0 fully saturated rings. The van der Waals surface area contributed by atoms with Gasteiger partial charge >= 0.3 is 0 Å². The number of likely N-dealkylation sites (N-methyl/N-ethyl adjacent to an activating group) is 1. The first-order valence-electron chi connectivity index (χ1n) is 10.8. The van der Waals surface area contributed by atoms with Crippen molar-refractivity contribution in [2.24, 2.45) is 0 Å². The van der Waals surface area contributed by atoms with Crippen molar-refractivity contribution in [2.75, 3.05) is 34.4 Å². The molecule has 3 aromatic rings. The molecular weight excluding hydrogens is 426 g/mol. The van der Waals surface area contributed by atoms with Crippen molar-refractivity contribution in [1.82, 2.24) is 14.8 Å². The summed E-state index contributed by atoms with van der Waals surface area (Å²) in [6, 6.07) is 14.2. The fourth-order valence-electron chi connectivity index (χ4n) is 4.50. The summed E-state index contributed by atoms with van der Waals surface area (Å²) in [4.78, 5) is 20.1. The van der Waals surface area contributed by atoms with Crippen molar-refractivity contribution in [1.29, 1.82) is 0 Å². The molecule has 1 amide bonds. The van der Waals surface area contributed by atoms with Gasteiger partial charge in [-0.2, -0.15) is 0 Å². The molecule has 1 aromatic heterocycles. The number of carbonyl (C=O) groups excluding carboxylic acids is 1. The summed E-state index contributed by atoms with van der Waals surface area (Å²) in [6.45, 7) is 5.07. The molecule has 172 valence electrons. The number of amides is 1. The van der Waals surface area contributed by atoms with Gasteiger partial charge in [-0.05, 0) is 29.3 Å². The van der Waals surface area contributed by atoms with E-state index in [4.69, 9.17) is 21.4 Å². The van der Waals surface area contributed by atoms with Crippen molar-refractivity contribution < 1.29 is 14.6 Å². The molecule has 2 N–H and O–H groups in total. The first-order valence-corrected chi connectivity index (χ1v) is 11.2. The summed E-state index contributed by atoms with van der Waals surface area (Å²) in [7, 11) is 4.58. The number of halogens is 1. The Morgan fingerprint density at radius 1 is 1.28 bits per heavy atom. The number of fused-ring (bicyclic) bond motifs is 3. The van der Waals surface area contributed by atoms with Gasteiger partial charge in [-0.25, -0.2) is 0 Å². The lowest BCUT2D eigenvalue weighted by molar-refractivity contribution is -0.129. The average Bonchev–Trinajstić information content (AvgIpc) is 3.18. The van der Waals surface area contributed by atoms with Gasteiger partial charge in [-0.3, -0.25) is 9.69 Å². The number of hydrogen-bond acceptors (Lipinski definition) is 4. The number of carbonyl (C=O) groups is 1. The van der Waals surface area contributed by atoms with Crippen LogP contribution in [0.4, 0.5) is 0 Å². The number of benzene rings is 2. The van der Waals surface area contributed by atoms with Crippen molar-refractivity contribution in [3.63, 3.8) is 0 Å². The molecule has 0 spiro atoms. The van der Waals surface area contributed by atoms with Crippen molar-refractivity contribution in [2.45, 2.75) is 32.4 Å². The van der Waals surface area contributed by atoms with Crippen LogP contribution in [0.5, 0.6) is 5.75 Å². The summed E-state index contributed by atoms with van der Waals surface area (Å²) in [5.41, 5.74) is 4.73. The second-order valence-corrected chi connectivity index (χ2v) is 8.42. The molecule has 32 heavy (non-hydrogen) atoms. The molecule has 1 aliphatic heterocycles. The van der Waals surface area contributed by atoms with E-state index in [9.17, 15) is 4.79 Å². The lowest BCUT2D eigenvalue weighted by Crippen LogP contribution is -2.39. The second kappa shape index (κ2) is 10.9. The molecule has 4 rings (SSSR count). The molecule has 6 nitrogen and oxygen atoms in total. The summed E-state index contributed by atoms with van der Waals surface area (Å²) in [5, 5.41) is 9.00. The Hall–Kier alpha value is -2.54. The predicted octanol–water partition coefficient (Wildman–Crippen LogP) is 4.41. The number of methoxy groups -OCH3 is 1. The molecule has 1 aliphatic rings.